The molecule has 0 radical (unpaired) electrons. The van der Waals surface area contributed by atoms with E-state index in [1.54, 1.807) is 31.2 Å². The summed E-state index contributed by atoms with van der Waals surface area (Å²) in [7, 11) is 1.29. The normalized spacial score (nSPS) is 15.3. The van der Waals surface area contributed by atoms with E-state index in [0.717, 1.165) is 0 Å². The molecule has 1 heterocycles. The average molecular weight is 353 g/mol. The number of phenols is 1. The molecule has 0 spiro atoms. The van der Waals surface area contributed by atoms with Crippen molar-refractivity contribution in [3.05, 3.63) is 63.7 Å². The first kappa shape index (κ1) is 17.2. The van der Waals surface area contributed by atoms with Gasteiger partial charge in [0.2, 0.25) is 5.75 Å². The van der Waals surface area contributed by atoms with Crippen LogP contribution < -0.4 is 9.75 Å². The van der Waals surface area contributed by atoms with Crippen molar-refractivity contribution in [2.45, 2.75) is 6.92 Å². The first-order chi connectivity index (χ1) is 12.4. The lowest BCUT2D eigenvalue weighted by atomic mass is 10.1. The number of nitrogens with zero attached hydrogens (tertiary/aromatic N) is 3. The zero-order chi connectivity index (χ0) is 18.8. The van der Waals surface area contributed by atoms with Gasteiger partial charge in [0.1, 0.15) is 0 Å². The molecule has 1 amide bonds. The average Bonchev–Trinajstić information content (AvgIpc) is 2.91. The predicted molar refractivity (Wildman–Crippen MR) is 96.3 cm³/mol. The summed E-state index contributed by atoms with van der Waals surface area (Å²) in [6, 6.07) is 11.5. The second kappa shape index (κ2) is 6.67. The van der Waals surface area contributed by atoms with Gasteiger partial charge < -0.3 is 9.84 Å². The Hall–Kier alpha value is -3.68. The van der Waals surface area contributed by atoms with Crippen LogP contribution in [0, 0.1) is 10.1 Å². The van der Waals surface area contributed by atoms with E-state index < -0.39 is 16.4 Å². The van der Waals surface area contributed by atoms with Gasteiger partial charge in [0, 0.05) is 6.07 Å². The molecule has 2 aromatic rings. The van der Waals surface area contributed by atoms with E-state index in [9.17, 15) is 20.0 Å². The van der Waals surface area contributed by atoms with E-state index >= 15 is 0 Å². The van der Waals surface area contributed by atoms with Gasteiger partial charge >= 0.3 is 5.69 Å². The van der Waals surface area contributed by atoms with Crippen molar-refractivity contribution in [2.24, 2.45) is 5.10 Å². The molecule has 1 aliphatic heterocycles. The Morgan fingerprint density at radius 2 is 1.96 bits per heavy atom. The first-order valence-electron chi connectivity index (χ1n) is 7.64. The number of anilines is 1. The monoisotopic (exact) mass is 353 g/mol. The van der Waals surface area contributed by atoms with Gasteiger partial charge in [-0.3, -0.25) is 14.9 Å². The maximum Gasteiger partial charge on any atom is 0.315 e. The number of methoxy groups -OCH3 is 1. The Kier molecular flexibility index (Phi) is 4.40. The fourth-order valence-electron chi connectivity index (χ4n) is 2.59. The lowest BCUT2D eigenvalue weighted by Crippen LogP contribution is -2.21. The largest absolute Gasteiger partial charge is 0.500 e. The summed E-state index contributed by atoms with van der Waals surface area (Å²) >= 11 is 0. The highest BCUT2D eigenvalue weighted by atomic mass is 16.6. The summed E-state index contributed by atoms with van der Waals surface area (Å²) in [5, 5.41) is 26.5. The summed E-state index contributed by atoms with van der Waals surface area (Å²) in [5.41, 5.74) is 1.24. The molecule has 0 fully saturated rings. The third kappa shape index (κ3) is 3.00. The zero-order valence-corrected chi connectivity index (χ0v) is 14.0. The molecule has 0 unspecified atom stereocenters. The number of aromatic hydroxyl groups is 1. The smallest absolute Gasteiger partial charge is 0.315 e. The number of hydrogen-bond donors (Lipinski definition) is 1. The lowest BCUT2D eigenvalue weighted by Gasteiger charge is -2.11. The van der Waals surface area contributed by atoms with Crippen molar-refractivity contribution in [1.29, 1.82) is 0 Å². The number of carbonyl (C=O) groups excluding carboxylic acids is 1. The molecular weight excluding hydrogens is 338 g/mol. The van der Waals surface area contributed by atoms with Crippen LogP contribution in [-0.4, -0.2) is 28.8 Å². The number of carbonyl (C=O) groups is 1. The molecule has 0 bridgehead atoms. The molecular formula is C18H15N3O5. The summed E-state index contributed by atoms with van der Waals surface area (Å²) in [5.74, 6) is -0.955. The van der Waals surface area contributed by atoms with Crippen LogP contribution in [0.25, 0.3) is 6.08 Å². The maximum absolute atomic E-state index is 12.7. The summed E-state index contributed by atoms with van der Waals surface area (Å²) in [6.45, 7) is 1.68. The van der Waals surface area contributed by atoms with E-state index in [1.807, 2.05) is 6.07 Å². The molecule has 132 valence electrons. The van der Waals surface area contributed by atoms with Gasteiger partial charge in [-0.15, -0.1) is 0 Å². The Labute approximate surface area is 148 Å². The number of nitro benzene ring substituents is 1. The fraction of sp³-hybridized carbons (Fsp3) is 0.111. The number of benzene rings is 2. The fourth-order valence-corrected chi connectivity index (χ4v) is 2.59. The van der Waals surface area contributed by atoms with E-state index in [0.29, 0.717) is 22.5 Å². The SMILES string of the molecule is COc1cc(C=C2C(=O)N(c3ccccc3)N=C2C)cc([N+](=O)[O-])c1O. The summed E-state index contributed by atoms with van der Waals surface area (Å²) in [4.78, 5) is 23.1. The molecule has 26 heavy (non-hydrogen) atoms. The van der Waals surface area contributed by atoms with Crippen molar-refractivity contribution in [3.8, 4) is 11.5 Å². The highest BCUT2D eigenvalue weighted by Gasteiger charge is 2.29. The van der Waals surface area contributed by atoms with Gasteiger partial charge in [-0.2, -0.15) is 10.1 Å². The number of hydrogen-bond acceptors (Lipinski definition) is 6. The minimum Gasteiger partial charge on any atom is -0.500 e. The minimum atomic E-state index is -0.715. The van der Waals surface area contributed by atoms with E-state index in [2.05, 4.69) is 5.10 Å². The Balaban J connectivity index is 2.03. The van der Waals surface area contributed by atoms with Gasteiger partial charge in [-0.1, -0.05) is 18.2 Å². The number of amides is 1. The van der Waals surface area contributed by atoms with Crippen molar-refractivity contribution in [3.63, 3.8) is 0 Å². The van der Waals surface area contributed by atoms with Crippen molar-refractivity contribution in [2.75, 3.05) is 12.1 Å². The molecule has 2 aromatic carbocycles. The van der Waals surface area contributed by atoms with Crippen molar-refractivity contribution < 1.29 is 19.6 Å². The van der Waals surface area contributed by atoms with Crippen LogP contribution >= 0.6 is 0 Å². The standard InChI is InChI=1S/C18H15N3O5/c1-11-14(18(23)20(19-11)13-6-4-3-5-7-13)8-12-9-15(21(24)25)17(22)16(10-12)26-2/h3-10,22H,1-2H3. The Bertz CT molecular complexity index is 951. The number of para-hydroxylation sites is 1. The molecule has 1 N–H and O–H groups in total. The van der Waals surface area contributed by atoms with Gasteiger partial charge in [0.05, 0.1) is 29.0 Å². The molecule has 0 atom stereocenters. The molecule has 1 aliphatic rings. The minimum absolute atomic E-state index is 0.0500. The second-order valence-corrected chi connectivity index (χ2v) is 5.54. The molecule has 0 saturated carbocycles. The van der Waals surface area contributed by atoms with Gasteiger partial charge in [0.15, 0.2) is 5.75 Å². The van der Waals surface area contributed by atoms with Crippen LogP contribution in [0.2, 0.25) is 0 Å². The van der Waals surface area contributed by atoms with Gasteiger partial charge in [-0.25, -0.2) is 0 Å². The number of phenolic OH excluding ortho intramolecular Hbond substituents is 1. The van der Waals surface area contributed by atoms with Crippen LogP contribution in [0.4, 0.5) is 11.4 Å². The van der Waals surface area contributed by atoms with Crippen LogP contribution in [0.1, 0.15) is 12.5 Å². The van der Waals surface area contributed by atoms with Crippen LogP contribution in [0.5, 0.6) is 11.5 Å². The van der Waals surface area contributed by atoms with Gasteiger partial charge in [-0.05, 0) is 36.8 Å². The van der Waals surface area contributed by atoms with Crippen LogP contribution in [0.15, 0.2) is 53.1 Å². The second-order valence-electron chi connectivity index (χ2n) is 5.54. The number of ether oxygens (including phenoxy) is 1. The maximum atomic E-state index is 12.7. The predicted octanol–water partition coefficient (Wildman–Crippen LogP) is 3.12. The number of nitro groups is 1. The lowest BCUT2D eigenvalue weighted by molar-refractivity contribution is -0.386. The Morgan fingerprint density at radius 1 is 1.27 bits per heavy atom. The topological polar surface area (TPSA) is 105 Å². The van der Waals surface area contributed by atoms with Crippen LogP contribution in [-0.2, 0) is 4.79 Å². The number of hydrazone groups is 1. The summed E-state index contributed by atoms with van der Waals surface area (Å²) in [6.07, 6.45) is 1.49. The summed E-state index contributed by atoms with van der Waals surface area (Å²) < 4.78 is 4.98. The van der Waals surface area contributed by atoms with E-state index in [1.165, 1.54) is 30.3 Å². The van der Waals surface area contributed by atoms with E-state index in [4.69, 9.17) is 4.74 Å². The molecule has 8 nitrogen and oxygen atoms in total. The quantitative estimate of drug-likeness (QED) is 0.516. The van der Waals surface area contributed by atoms with Crippen LogP contribution in [0.3, 0.4) is 0 Å². The molecule has 8 heteroatoms. The highest BCUT2D eigenvalue weighted by Crippen LogP contribution is 2.38. The molecule has 3 rings (SSSR count). The van der Waals surface area contributed by atoms with Gasteiger partial charge in [0.25, 0.3) is 5.91 Å². The molecule has 0 aromatic heterocycles. The zero-order valence-electron chi connectivity index (χ0n) is 14.0. The third-order valence-corrected chi connectivity index (χ3v) is 3.87. The third-order valence-electron chi connectivity index (χ3n) is 3.87. The highest BCUT2D eigenvalue weighted by molar-refractivity contribution is 6.32. The molecule has 0 aliphatic carbocycles. The van der Waals surface area contributed by atoms with Crippen molar-refractivity contribution in [1.82, 2.24) is 0 Å². The van der Waals surface area contributed by atoms with Crippen molar-refractivity contribution >= 4 is 29.1 Å². The Morgan fingerprint density at radius 3 is 2.58 bits per heavy atom. The number of rotatable bonds is 4. The van der Waals surface area contributed by atoms with E-state index in [-0.39, 0.29) is 11.7 Å². The first-order valence-corrected chi connectivity index (χ1v) is 7.64. The molecule has 0 saturated heterocycles.